The number of nitrogens with zero attached hydrogens (tertiary/aromatic N) is 1. The Kier molecular flexibility index (Phi) is 6.74. The minimum absolute atomic E-state index is 0.0333. The lowest BCUT2D eigenvalue weighted by Crippen LogP contribution is -2.47. The molecule has 6 heteroatoms. The van der Waals surface area contributed by atoms with Gasteiger partial charge in [0.2, 0.25) is 0 Å². The van der Waals surface area contributed by atoms with Crippen molar-refractivity contribution in [2.24, 2.45) is 0 Å². The fourth-order valence-electron chi connectivity index (χ4n) is 4.66. The molecule has 1 aromatic carbocycles. The van der Waals surface area contributed by atoms with Crippen molar-refractivity contribution < 1.29 is 4.74 Å². The summed E-state index contributed by atoms with van der Waals surface area (Å²) in [5.74, 6) is 0. The van der Waals surface area contributed by atoms with Gasteiger partial charge in [0.1, 0.15) is 0 Å². The monoisotopic (exact) mass is 427 g/mol. The van der Waals surface area contributed by atoms with Crippen LogP contribution in [0.3, 0.4) is 0 Å². The van der Waals surface area contributed by atoms with E-state index in [9.17, 15) is 4.79 Å². The summed E-state index contributed by atoms with van der Waals surface area (Å²) >= 11 is 5.81. The normalized spacial score (nSPS) is 19.9. The van der Waals surface area contributed by atoms with Crippen LogP contribution in [-0.4, -0.2) is 40.3 Å². The fourth-order valence-corrected chi connectivity index (χ4v) is 4.97. The van der Waals surface area contributed by atoms with Crippen molar-refractivity contribution in [1.29, 1.82) is 0 Å². The lowest BCUT2D eigenvalue weighted by atomic mass is 9.96. The summed E-state index contributed by atoms with van der Waals surface area (Å²) in [6, 6.07) is 6.66. The number of fused-ring (bicyclic) bond motifs is 1. The Morgan fingerprint density at radius 2 is 2.00 bits per heavy atom. The highest BCUT2D eigenvalue weighted by Crippen LogP contribution is 2.21. The molecule has 162 valence electrons. The van der Waals surface area contributed by atoms with E-state index in [4.69, 9.17) is 17.0 Å². The Hall–Kier alpha value is -1.92. The number of rotatable bonds is 5. The van der Waals surface area contributed by atoms with Crippen LogP contribution < -0.4 is 10.9 Å². The van der Waals surface area contributed by atoms with Gasteiger partial charge in [0.15, 0.2) is 5.11 Å². The van der Waals surface area contributed by atoms with Gasteiger partial charge >= 0.3 is 0 Å². The third-order valence-electron chi connectivity index (χ3n) is 6.66. The fraction of sp³-hybridized carbons (Fsp3) is 0.583. The largest absolute Gasteiger partial charge is 0.376 e. The van der Waals surface area contributed by atoms with Crippen molar-refractivity contribution >= 4 is 28.2 Å². The Labute approximate surface area is 184 Å². The molecule has 1 atom stereocenters. The van der Waals surface area contributed by atoms with E-state index in [1.54, 1.807) is 0 Å². The predicted octanol–water partition coefficient (Wildman–Crippen LogP) is 4.33. The number of aromatic amines is 1. The molecule has 0 unspecified atom stereocenters. The van der Waals surface area contributed by atoms with Crippen LogP contribution >= 0.6 is 12.2 Å². The van der Waals surface area contributed by atoms with E-state index < -0.39 is 0 Å². The van der Waals surface area contributed by atoms with Crippen LogP contribution in [0.25, 0.3) is 10.9 Å². The Balaban J connectivity index is 1.57. The zero-order valence-electron chi connectivity index (χ0n) is 18.1. The van der Waals surface area contributed by atoms with Gasteiger partial charge in [-0.2, -0.15) is 0 Å². The Morgan fingerprint density at radius 1 is 1.20 bits per heavy atom. The molecule has 1 aliphatic heterocycles. The van der Waals surface area contributed by atoms with E-state index in [1.165, 1.54) is 37.7 Å². The molecule has 1 saturated heterocycles. The summed E-state index contributed by atoms with van der Waals surface area (Å²) in [6.45, 7) is 6.16. The van der Waals surface area contributed by atoms with Crippen LogP contribution in [0.15, 0.2) is 23.0 Å². The average Bonchev–Trinajstić information content (AvgIpc) is 3.25. The first kappa shape index (κ1) is 21.3. The summed E-state index contributed by atoms with van der Waals surface area (Å²) in [7, 11) is 0. The number of thiocarbonyl (C=S) groups is 1. The van der Waals surface area contributed by atoms with Crippen LogP contribution in [0.5, 0.6) is 0 Å². The van der Waals surface area contributed by atoms with Crippen molar-refractivity contribution in [3.8, 4) is 0 Å². The van der Waals surface area contributed by atoms with Crippen molar-refractivity contribution in [3.05, 3.63) is 45.2 Å². The average molecular weight is 428 g/mol. The zero-order valence-corrected chi connectivity index (χ0v) is 18.9. The molecule has 5 nitrogen and oxygen atoms in total. The molecule has 2 fully saturated rings. The summed E-state index contributed by atoms with van der Waals surface area (Å²) in [4.78, 5) is 18.2. The van der Waals surface area contributed by atoms with E-state index in [2.05, 4.69) is 41.2 Å². The molecule has 4 rings (SSSR count). The molecule has 2 aromatic rings. The third kappa shape index (κ3) is 4.86. The number of hydrogen-bond donors (Lipinski definition) is 2. The highest BCUT2D eigenvalue weighted by atomic mass is 32.1. The van der Waals surface area contributed by atoms with E-state index in [0.29, 0.717) is 12.6 Å². The third-order valence-corrected chi connectivity index (χ3v) is 7.03. The first-order chi connectivity index (χ1) is 14.5. The van der Waals surface area contributed by atoms with Crippen LogP contribution in [0, 0.1) is 13.8 Å². The second-order valence-electron chi connectivity index (χ2n) is 8.90. The van der Waals surface area contributed by atoms with Crippen molar-refractivity contribution in [1.82, 2.24) is 15.2 Å². The zero-order chi connectivity index (χ0) is 21.1. The van der Waals surface area contributed by atoms with Crippen LogP contribution in [0.1, 0.15) is 61.6 Å². The number of pyridine rings is 1. The summed E-state index contributed by atoms with van der Waals surface area (Å²) in [5.41, 5.74) is 3.95. The minimum atomic E-state index is -0.0333. The molecule has 1 saturated carbocycles. The predicted molar refractivity (Wildman–Crippen MR) is 126 cm³/mol. The van der Waals surface area contributed by atoms with Gasteiger partial charge in [-0.3, -0.25) is 4.79 Å². The molecule has 0 spiro atoms. The number of nitrogens with one attached hydrogen (secondary N) is 2. The van der Waals surface area contributed by atoms with Gasteiger partial charge in [0.25, 0.3) is 5.56 Å². The SMILES string of the molecule is Cc1ccc2cc(CN(C[C@@H]3CCCO3)C(=S)NC3CCCCC3)c(=O)[nH]c2c1C. The van der Waals surface area contributed by atoms with Gasteiger partial charge in [0.05, 0.1) is 18.2 Å². The van der Waals surface area contributed by atoms with E-state index in [0.717, 1.165) is 53.1 Å². The van der Waals surface area contributed by atoms with Gasteiger partial charge in [-0.1, -0.05) is 31.4 Å². The molecule has 2 heterocycles. The van der Waals surface area contributed by atoms with Gasteiger partial charge < -0.3 is 19.9 Å². The molecule has 1 aromatic heterocycles. The topological polar surface area (TPSA) is 57.4 Å². The summed E-state index contributed by atoms with van der Waals surface area (Å²) < 4.78 is 5.88. The maximum atomic E-state index is 12.9. The van der Waals surface area contributed by atoms with Crippen molar-refractivity contribution in [2.75, 3.05) is 13.2 Å². The van der Waals surface area contributed by atoms with Gasteiger partial charge in [-0.05, 0) is 74.3 Å². The minimum Gasteiger partial charge on any atom is -0.376 e. The van der Waals surface area contributed by atoms with E-state index in [-0.39, 0.29) is 11.7 Å². The second-order valence-corrected chi connectivity index (χ2v) is 9.28. The molecule has 2 N–H and O–H groups in total. The van der Waals surface area contributed by atoms with Gasteiger partial charge in [-0.15, -0.1) is 0 Å². The van der Waals surface area contributed by atoms with Crippen LogP contribution in [0.2, 0.25) is 0 Å². The smallest absolute Gasteiger partial charge is 0.253 e. The molecular formula is C24H33N3O2S. The molecule has 2 aliphatic rings. The standard InChI is InChI=1S/C24H33N3O2S/c1-16-10-11-18-13-19(23(28)26-22(18)17(16)2)14-27(15-21-9-6-12-29-21)24(30)25-20-7-4-3-5-8-20/h10-11,13,20-21H,3-9,12,14-15H2,1-2H3,(H,25,30)(H,26,28)/t21-/m0/s1. The molecule has 0 radical (unpaired) electrons. The molecule has 30 heavy (non-hydrogen) atoms. The lowest BCUT2D eigenvalue weighted by Gasteiger charge is -2.32. The van der Waals surface area contributed by atoms with Crippen molar-refractivity contribution in [3.63, 3.8) is 0 Å². The van der Waals surface area contributed by atoms with E-state index in [1.807, 2.05) is 6.07 Å². The van der Waals surface area contributed by atoms with Gasteiger partial charge in [-0.25, -0.2) is 0 Å². The van der Waals surface area contributed by atoms with Gasteiger partial charge in [0, 0.05) is 24.8 Å². The molecule has 0 amide bonds. The molecular weight excluding hydrogens is 394 g/mol. The Morgan fingerprint density at radius 3 is 2.73 bits per heavy atom. The first-order valence-electron chi connectivity index (χ1n) is 11.3. The highest BCUT2D eigenvalue weighted by Gasteiger charge is 2.24. The summed E-state index contributed by atoms with van der Waals surface area (Å²) in [6.07, 6.45) is 8.50. The molecule has 1 aliphatic carbocycles. The van der Waals surface area contributed by atoms with E-state index >= 15 is 0 Å². The highest BCUT2D eigenvalue weighted by molar-refractivity contribution is 7.80. The number of ether oxygens (including phenoxy) is 1. The number of benzene rings is 1. The quantitative estimate of drug-likeness (QED) is 0.696. The Bertz CT molecular complexity index is 959. The maximum absolute atomic E-state index is 12.9. The number of H-pyrrole nitrogens is 1. The number of hydrogen-bond acceptors (Lipinski definition) is 3. The number of aromatic nitrogens is 1. The second kappa shape index (κ2) is 9.48. The van der Waals surface area contributed by atoms with Crippen LogP contribution in [-0.2, 0) is 11.3 Å². The maximum Gasteiger partial charge on any atom is 0.253 e. The van der Waals surface area contributed by atoms with Crippen LogP contribution in [0.4, 0.5) is 0 Å². The lowest BCUT2D eigenvalue weighted by molar-refractivity contribution is 0.0894. The summed E-state index contributed by atoms with van der Waals surface area (Å²) in [5, 5.41) is 5.39. The first-order valence-corrected chi connectivity index (χ1v) is 11.7. The van der Waals surface area contributed by atoms with Crippen molar-refractivity contribution in [2.45, 2.75) is 77.5 Å². The number of aryl methyl sites for hydroxylation is 2. The molecule has 0 bridgehead atoms.